The molecular formula is C8H13NO2S. The lowest BCUT2D eigenvalue weighted by Crippen LogP contribution is -2.16. The van der Waals surface area contributed by atoms with Crippen molar-refractivity contribution in [1.29, 1.82) is 0 Å². The molecule has 0 aliphatic carbocycles. The summed E-state index contributed by atoms with van der Waals surface area (Å²) in [5, 5.41) is 21.4. The summed E-state index contributed by atoms with van der Waals surface area (Å²) in [6.07, 6.45) is 0.118. The zero-order chi connectivity index (χ0) is 8.97. The molecule has 0 spiro atoms. The zero-order valence-electron chi connectivity index (χ0n) is 6.97. The maximum Gasteiger partial charge on any atom is 0.0895 e. The minimum atomic E-state index is -0.445. The molecular weight excluding hydrogens is 174 g/mol. The van der Waals surface area contributed by atoms with Gasteiger partial charge >= 0.3 is 0 Å². The first-order valence-corrected chi connectivity index (χ1v) is 4.69. The predicted octanol–water partition coefficient (Wildman–Crippen LogP) is 1.49. The Morgan fingerprint density at radius 3 is 2.92 bits per heavy atom. The molecule has 0 aromatic carbocycles. The van der Waals surface area contributed by atoms with Crippen LogP contribution >= 0.6 is 11.3 Å². The number of rotatable bonds is 4. The molecule has 2 N–H and O–H groups in total. The van der Waals surface area contributed by atoms with Gasteiger partial charge in [0.05, 0.1) is 6.10 Å². The van der Waals surface area contributed by atoms with E-state index in [1.54, 1.807) is 7.05 Å². The van der Waals surface area contributed by atoms with Crippen molar-refractivity contribution >= 4 is 11.3 Å². The van der Waals surface area contributed by atoms with Crippen molar-refractivity contribution in [2.45, 2.75) is 12.5 Å². The number of thiophene rings is 1. The van der Waals surface area contributed by atoms with E-state index >= 15 is 0 Å². The summed E-state index contributed by atoms with van der Waals surface area (Å²) in [6, 6.07) is 3.80. The molecule has 1 atom stereocenters. The molecule has 4 heteroatoms. The summed E-state index contributed by atoms with van der Waals surface area (Å²) in [5.74, 6) is 0. The van der Waals surface area contributed by atoms with Crippen LogP contribution in [0, 0.1) is 0 Å². The van der Waals surface area contributed by atoms with Crippen LogP contribution in [0.1, 0.15) is 17.4 Å². The molecule has 1 heterocycles. The summed E-state index contributed by atoms with van der Waals surface area (Å²) in [5.41, 5.74) is 0. The Morgan fingerprint density at radius 2 is 2.42 bits per heavy atom. The first-order chi connectivity index (χ1) is 5.70. The Kier molecular flexibility index (Phi) is 3.68. The van der Waals surface area contributed by atoms with Crippen LogP contribution in [-0.4, -0.2) is 29.0 Å². The number of hydroxylamine groups is 2. The highest BCUT2D eigenvalue weighted by atomic mass is 32.1. The van der Waals surface area contributed by atoms with Crippen molar-refractivity contribution in [3.8, 4) is 0 Å². The van der Waals surface area contributed by atoms with Crippen molar-refractivity contribution in [2.24, 2.45) is 0 Å². The Morgan fingerprint density at radius 1 is 1.67 bits per heavy atom. The van der Waals surface area contributed by atoms with Crippen molar-refractivity contribution in [1.82, 2.24) is 5.06 Å². The van der Waals surface area contributed by atoms with Gasteiger partial charge in [-0.15, -0.1) is 11.3 Å². The second-order valence-electron chi connectivity index (χ2n) is 2.70. The smallest absolute Gasteiger partial charge is 0.0895 e. The molecule has 1 aromatic heterocycles. The summed E-state index contributed by atoms with van der Waals surface area (Å²) in [7, 11) is 1.57. The molecule has 68 valence electrons. The van der Waals surface area contributed by atoms with E-state index in [2.05, 4.69) is 0 Å². The molecule has 0 radical (unpaired) electrons. The third-order valence-corrected chi connectivity index (χ3v) is 2.57. The van der Waals surface area contributed by atoms with E-state index in [1.165, 1.54) is 11.3 Å². The third kappa shape index (κ3) is 2.91. The predicted molar refractivity (Wildman–Crippen MR) is 48.3 cm³/mol. The second-order valence-corrected chi connectivity index (χ2v) is 3.68. The molecule has 1 unspecified atom stereocenters. The lowest BCUT2D eigenvalue weighted by atomic mass is 10.2. The minimum absolute atomic E-state index is 0.445. The Bertz CT molecular complexity index is 211. The quantitative estimate of drug-likeness (QED) is 0.702. The SMILES string of the molecule is CN(O)CCC(O)c1cccs1. The van der Waals surface area contributed by atoms with Crippen molar-refractivity contribution in [3.63, 3.8) is 0 Å². The van der Waals surface area contributed by atoms with Crippen LogP contribution < -0.4 is 0 Å². The van der Waals surface area contributed by atoms with E-state index in [9.17, 15) is 5.11 Å². The summed E-state index contributed by atoms with van der Waals surface area (Å²) in [6.45, 7) is 0.485. The maximum atomic E-state index is 9.53. The number of aliphatic hydroxyl groups excluding tert-OH is 1. The van der Waals surface area contributed by atoms with Crippen LogP contribution in [0.4, 0.5) is 0 Å². The Labute approximate surface area is 75.8 Å². The van der Waals surface area contributed by atoms with Crippen LogP contribution in [0.3, 0.4) is 0 Å². The number of hydrogen-bond acceptors (Lipinski definition) is 4. The molecule has 0 aliphatic heterocycles. The van der Waals surface area contributed by atoms with E-state index in [0.717, 1.165) is 9.94 Å². The second kappa shape index (κ2) is 4.57. The van der Waals surface area contributed by atoms with Gasteiger partial charge in [-0.05, 0) is 17.9 Å². The van der Waals surface area contributed by atoms with Crippen LogP contribution in [0.5, 0.6) is 0 Å². The number of aliphatic hydroxyl groups is 1. The van der Waals surface area contributed by atoms with Gasteiger partial charge in [0.15, 0.2) is 0 Å². The van der Waals surface area contributed by atoms with E-state index in [1.807, 2.05) is 17.5 Å². The largest absolute Gasteiger partial charge is 0.388 e. The third-order valence-electron chi connectivity index (χ3n) is 1.60. The van der Waals surface area contributed by atoms with Gasteiger partial charge in [0.2, 0.25) is 0 Å². The average molecular weight is 187 g/mol. The lowest BCUT2D eigenvalue weighted by molar-refractivity contribution is -0.0721. The fraction of sp³-hybridized carbons (Fsp3) is 0.500. The topological polar surface area (TPSA) is 43.7 Å². The summed E-state index contributed by atoms with van der Waals surface area (Å²) in [4.78, 5) is 0.955. The van der Waals surface area contributed by atoms with Gasteiger partial charge in [-0.3, -0.25) is 0 Å². The van der Waals surface area contributed by atoms with Gasteiger partial charge < -0.3 is 10.3 Å². The van der Waals surface area contributed by atoms with Crippen LogP contribution in [0.15, 0.2) is 17.5 Å². The van der Waals surface area contributed by atoms with Gasteiger partial charge in [-0.25, -0.2) is 0 Å². The summed E-state index contributed by atoms with van der Waals surface area (Å²) >= 11 is 1.53. The Balaban J connectivity index is 2.34. The van der Waals surface area contributed by atoms with Crippen molar-refractivity contribution in [3.05, 3.63) is 22.4 Å². The van der Waals surface area contributed by atoms with Gasteiger partial charge in [0.25, 0.3) is 0 Å². The fourth-order valence-corrected chi connectivity index (χ4v) is 1.68. The van der Waals surface area contributed by atoms with Gasteiger partial charge in [0, 0.05) is 18.5 Å². The van der Waals surface area contributed by atoms with E-state index < -0.39 is 6.10 Å². The normalized spacial score (nSPS) is 13.7. The molecule has 1 aromatic rings. The maximum absolute atomic E-state index is 9.53. The first-order valence-electron chi connectivity index (χ1n) is 3.81. The first kappa shape index (κ1) is 9.67. The molecule has 12 heavy (non-hydrogen) atoms. The van der Waals surface area contributed by atoms with Gasteiger partial charge in [0.1, 0.15) is 0 Å². The lowest BCUT2D eigenvalue weighted by Gasteiger charge is -2.11. The molecule has 3 nitrogen and oxygen atoms in total. The van der Waals surface area contributed by atoms with E-state index in [4.69, 9.17) is 5.21 Å². The molecule has 0 bridgehead atoms. The monoisotopic (exact) mass is 187 g/mol. The highest BCUT2D eigenvalue weighted by Crippen LogP contribution is 2.21. The Hall–Kier alpha value is -0.420. The molecule has 0 fully saturated rings. The van der Waals surface area contributed by atoms with Crippen molar-refractivity contribution in [2.75, 3.05) is 13.6 Å². The minimum Gasteiger partial charge on any atom is -0.388 e. The van der Waals surface area contributed by atoms with Crippen molar-refractivity contribution < 1.29 is 10.3 Å². The zero-order valence-corrected chi connectivity index (χ0v) is 7.79. The average Bonchev–Trinajstić information content (AvgIpc) is 2.51. The molecule has 0 aliphatic rings. The van der Waals surface area contributed by atoms with Crippen LogP contribution in [0.25, 0.3) is 0 Å². The molecule has 0 saturated heterocycles. The van der Waals surface area contributed by atoms with Gasteiger partial charge in [-0.1, -0.05) is 6.07 Å². The molecule has 1 rings (SSSR count). The standard InChI is InChI=1S/C8H13NO2S/c1-9(11)5-4-7(10)8-3-2-6-12-8/h2-3,6-7,10-11H,4-5H2,1H3. The number of nitrogens with zero attached hydrogens (tertiary/aromatic N) is 1. The highest BCUT2D eigenvalue weighted by molar-refractivity contribution is 7.10. The molecule has 0 saturated carbocycles. The summed E-state index contributed by atoms with van der Waals surface area (Å²) < 4.78 is 0. The number of hydrogen-bond donors (Lipinski definition) is 2. The van der Waals surface area contributed by atoms with Crippen LogP contribution in [-0.2, 0) is 0 Å². The highest BCUT2D eigenvalue weighted by Gasteiger charge is 2.08. The fourth-order valence-electron chi connectivity index (χ4n) is 0.932. The van der Waals surface area contributed by atoms with E-state index in [-0.39, 0.29) is 0 Å². The van der Waals surface area contributed by atoms with Gasteiger partial charge in [-0.2, -0.15) is 5.06 Å². The molecule has 0 amide bonds. The van der Waals surface area contributed by atoms with Crippen LogP contribution in [0.2, 0.25) is 0 Å². The van der Waals surface area contributed by atoms with E-state index in [0.29, 0.717) is 13.0 Å².